The highest BCUT2D eigenvalue weighted by molar-refractivity contribution is 7.13. The molecule has 2 aliphatic heterocycles. The molecule has 1 unspecified atom stereocenters. The molecule has 24 heavy (non-hydrogen) atoms. The average Bonchev–Trinajstić information content (AvgIpc) is 3.09. The Balaban J connectivity index is 1.53. The Hall–Kier alpha value is -1.18. The van der Waals surface area contributed by atoms with E-state index in [0.29, 0.717) is 6.54 Å². The SMILES string of the molecule is CCN1CCCC(C)(C(=O)NCc2csc(N3CCOCC3)n2)C1. The molecule has 0 aromatic carbocycles. The maximum atomic E-state index is 12.7. The van der Waals surface area contributed by atoms with Crippen molar-refractivity contribution in [3.8, 4) is 0 Å². The van der Waals surface area contributed by atoms with Gasteiger partial charge < -0.3 is 19.9 Å². The number of morpholine rings is 1. The third kappa shape index (κ3) is 4.07. The van der Waals surface area contributed by atoms with Crippen LogP contribution < -0.4 is 10.2 Å². The molecule has 0 saturated carbocycles. The number of carbonyl (C=O) groups is 1. The molecule has 0 spiro atoms. The second-order valence-electron chi connectivity index (χ2n) is 6.94. The Bertz CT molecular complexity index is 559. The summed E-state index contributed by atoms with van der Waals surface area (Å²) in [6.45, 7) is 11.0. The van der Waals surface area contributed by atoms with Crippen molar-refractivity contribution in [3.05, 3.63) is 11.1 Å². The smallest absolute Gasteiger partial charge is 0.227 e. The Morgan fingerprint density at radius 2 is 2.21 bits per heavy atom. The van der Waals surface area contributed by atoms with Crippen LogP contribution in [0.2, 0.25) is 0 Å². The van der Waals surface area contributed by atoms with Crippen molar-refractivity contribution >= 4 is 22.4 Å². The van der Waals surface area contributed by atoms with Crippen LogP contribution in [0.1, 0.15) is 32.4 Å². The second kappa shape index (κ2) is 7.80. The first kappa shape index (κ1) is 17.6. The summed E-state index contributed by atoms with van der Waals surface area (Å²) in [5, 5.41) is 6.18. The maximum Gasteiger partial charge on any atom is 0.227 e. The Morgan fingerprint density at radius 1 is 1.42 bits per heavy atom. The van der Waals surface area contributed by atoms with Gasteiger partial charge in [0.15, 0.2) is 5.13 Å². The monoisotopic (exact) mass is 352 g/mol. The summed E-state index contributed by atoms with van der Waals surface area (Å²) >= 11 is 1.65. The number of nitrogens with one attached hydrogen (secondary N) is 1. The molecule has 0 bridgehead atoms. The number of carbonyl (C=O) groups excluding carboxylic acids is 1. The second-order valence-corrected chi connectivity index (χ2v) is 7.77. The van der Waals surface area contributed by atoms with Gasteiger partial charge >= 0.3 is 0 Å². The van der Waals surface area contributed by atoms with Gasteiger partial charge in [0, 0.05) is 25.0 Å². The predicted octanol–water partition coefficient (Wildman–Crippen LogP) is 1.72. The highest BCUT2D eigenvalue weighted by atomic mass is 32.1. The quantitative estimate of drug-likeness (QED) is 0.874. The molecule has 2 aliphatic rings. The molecule has 134 valence electrons. The number of rotatable bonds is 5. The lowest BCUT2D eigenvalue weighted by Crippen LogP contribution is -2.50. The van der Waals surface area contributed by atoms with Crippen LogP contribution in [0.3, 0.4) is 0 Å². The van der Waals surface area contributed by atoms with Crippen LogP contribution >= 0.6 is 11.3 Å². The number of anilines is 1. The van der Waals surface area contributed by atoms with Crippen LogP contribution in [0.5, 0.6) is 0 Å². The minimum atomic E-state index is -0.280. The molecule has 2 saturated heterocycles. The van der Waals surface area contributed by atoms with Crippen LogP contribution in [0, 0.1) is 5.41 Å². The highest BCUT2D eigenvalue weighted by Crippen LogP contribution is 2.29. The third-order valence-corrected chi connectivity index (χ3v) is 5.97. The maximum absolute atomic E-state index is 12.7. The Kier molecular flexibility index (Phi) is 5.73. The molecule has 2 fully saturated rings. The minimum absolute atomic E-state index is 0.154. The highest BCUT2D eigenvalue weighted by Gasteiger charge is 2.37. The molecule has 1 N–H and O–H groups in total. The van der Waals surface area contributed by atoms with E-state index in [1.165, 1.54) is 0 Å². The van der Waals surface area contributed by atoms with Crippen LogP contribution in [-0.4, -0.2) is 61.7 Å². The zero-order valence-corrected chi connectivity index (χ0v) is 15.5. The fraction of sp³-hybridized carbons (Fsp3) is 0.765. The molecule has 1 atom stereocenters. The van der Waals surface area contributed by atoms with Crippen LogP contribution in [0.25, 0.3) is 0 Å². The number of thiazole rings is 1. The standard InChI is InChI=1S/C17H28N4O2S/c1-3-20-6-4-5-17(2,13-20)15(22)18-11-14-12-24-16(19-14)21-7-9-23-10-8-21/h12H,3-11,13H2,1-2H3,(H,18,22). The van der Waals surface area contributed by atoms with Gasteiger partial charge in [0.2, 0.25) is 5.91 Å². The lowest BCUT2D eigenvalue weighted by Gasteiger charge is -2.38. The van der Waals surface area contributed by atoms with E-state index >= 15 is 0 Å². The van der Waals surface area contributed by atoms with Crippen molar-refractivity contribution in [1.29, 1.82) is 0 Å². The van der Waals surface area contributed by atoms with Gasteiger partial charge in [0.25, 0.3) is 0 Å². The summed E-state index contributed by atoms with van der Waals surface area (Å²) < 4.78 is 5.38. The molecular formula is C17H28N4O2S. The Morgan fingerprint density at radius 3 is 2.96 bits per heavy atom. The molecule has 7 heteroatoms. The summed E-state index contributed by atoms with van der Waals surface area (Å²) in [6.07, 6.45) is 2.06. The first-order chi connectivity index (χ1) is 11.6. The van der Waals surface area contributed by atoms with Crippen molar-refractivity contribution in [3.63, 3.8) is 0 Å². The molecular weight excluding hydrogens is 324 g/mol. The van der Waals surface area contributed by atoms with E-state index in [-0.39, 0.29) is 11.3 Å². The van der Waals surface area contributed by atoms with Crippen molar-refractivity contribution in [2.45, 2.75) is 33.2 Å². The van der Waals surface area contributed by atoms with E-state index in [0.717, 1.165) is 69.6 Å². The normalized spacial score (nSPS) is 25.7. The van der Waals surface area contributed by atoms with Crippen molar-refractivity contribution < 1.29 is 9.53 Å². The van der Waals surface area contributed by atoms with Gasteiger partial charge in [-0.15, -0.1) is 11.3 Å². The molecule has 3 heterocycles. The van der Waals surface area contributed by atoms with Crippen molar-refractivity contribution in [2.75, 3.05) is 50.8 Å². The zero-order valence-electron chi connectivity index (χ0n) is 14.7. The number of hydrogen-bond donors (Lipinski definition) is 1. The van der Waals surface area contributed by atoms with E-state index in [2.05, 4.69) is 33.9 Å². The molecule has 1 amide bonds. The number of piperidine rings is 1. The fourth-order valence-corrected chi connectivity index (χ4v) is 4.34. The number of nitrogens with zero attached hydrogens (tertiary/aromatic N) is 3. The summed E-state index contributed by atoms with van der Waals surface area (Å²) in [7, 11) is 0. The largest absolute Gasteiger partial charge is 0.378 e. The van der Waals surface area contributed by atoms with Gasteiger partial charge in [-0.2, -0.15) is 0 Å². The van der Waals surface area contributed by atoms with Crippen LogP contribution in [0.4, 0.5) is 5.13 Å². The average molecular weight is 353 g/mol. The predicted molar refractivity (Wildman–Crippen MR) is 96.4 cm³/mol. The van der Waals surface area contributed by atoms with Crippen molar-refractivity contribution in [1.82, 2.24) is 15.2 Å². The summed E-state index contributed by atoms with van der Waals surface area (Å²) in [4.78, 5) is 22.0. The number of ether oxygens (including phenoxy) is 1. The fourth-order valence-electron chi connectivity index (χ4n) is 3.46. The molecule has 1 aromatic heterocycles. The van der Waals surface area contributed by atoms with Crippen LogP contribution in [0.15, 0.2) is 5.38 Å². The minimum Gasteiger partial charge on any atom is -0.378 e. The zero-order chi connectivity index (χ0) is 17.0. The van der Waals surface area contributed by atoms with E-state index in [1.54, 1.807) is 11.3 Å². The first-order valence-electron chi connectivity index (χ1n) is 8.88. The first-order valence-corrected chi connectivity index (χ1v) is 9.76. The molecule has 0 aliphatic carbocycles. The van der Waals surface area contributed by atoms with E-state index < -0.39 is 0 Å². The van der Waals surface area contributed by atoms with Gasteiger partial charge in [-0.25, -0.2) is 4.98 Å². The van der Waals surface area contributed by atoms with E-state index in [1.807, 2.05) is 5.38 Å². The van der Waals surface area contributed by atoms with Gasteiger partial charge in [0.1, 0.15) is 0 Å². The van der Waals surface area contributed by atoms with E-state index in [4.69, 9.17) is 4.74 Å². The number of likely N-dealkylation sites (tertiary alicyclic amines) is 1. The van der Waals surface area contributed by atoms with Gasteiger partial charge in [-0.1, -0.05) is 6.92 Å². The number of aromatic nitrogens is 1. The van der Waals surface area contributed by atoms with Gasteiger partial charge in [0.05, 0.1) is 30.9 Å². The summed E-state index contributed by atoms with van der Waals surface area (Å²) in [5.41, 5.74) is 0.665. The van der Waals surface area contributed by atoms with E-state index in [9.17, 15) is 4.79 Å². The van der Waals surface area contributed by atoms with Gasteiger partial charge in [-0.05, 0) is 32.9 Å². The molecule has 1 aromatic rings. The summed E-state index contributed by atoms with van der Waals surface area (Å²) in [5.74, 6) is 0.154. The summed E-state index contributed by atoms with van der Waals surface area (Å²) in [6, 6.07) is 0. The topological polar surface area (TPSA) is 57.7 Å². The number of hydrogen-bond acceptors (Lipinski definition) is 6. The molecule has 0 radical (unpaired) electrons. The number of amides is 1. The lowest BCUT2D eigenvalue weighted by atomic mass is 9.81. The van der Waals surface area contributed by atoms with Crippen LogP contribution in [-0.2, 0) is 16.1 Å². The van der Waals surface area contributed by atoms with Gasteiger partial charge in [-0.3, -0.25) is 4.79 Å². The van der Waals surface area contributed by atoms with Crippen molar-refractivity contribution in [2.24, 2.45) is 5.41 Å². The Labute approximate surface area is 148 Å². The lowest BCUT2D eigenvalue weighted by molar-refractivity contribution is -0.133. The molecule has 3 rings (SSSR count). The molecule has 6 nitrogen and oxygen atoms in total. The third-order valence-electron chi connectivity index (χ3n) is 5.02.